The van der Waals surface area contributed by atoms with E-state index in [1.165, 1.54) is 6.92 Å². The van der Waals surface area contributed by atoms with Gasteiger partial charge in [-0.2, -0.15) is 0 Å². The van der Waals surface area contributed by atoms with Crippen molar-refractivity contribution >= 4 is 17.4 Å². The van der Waals surface area contributed by atoms with Crippen LogP contribution in [0, 0.1) is 0 Å². The molecule has 0 bridgehead atoms. The maximum Gasteiger partial charge on any atom is 0.255 e. The number of hydrogen-bond acceptors (Lipinski definition) is 3. The molecule has 2 rings (SSSR count). The normalized spacial score (nSPS) is 9.90. The van der Waals surface area contributed by atoms with Crippen LogP contribution in [0.25, 0.3) is 0 Å². The van der Waals surface area contributed by atoms with Crippen LogP contribution in [0.2, 0.25) is 0 Å². The van der Waals surface area contributed by atoms with Crippen LogP contribution in [0.3, 0.4) is 0 Å². The third-order valence-corrected chi connectivity index (χ3v) is 2.91. The lowest BCUT2D eigenvalue weighted by Gasteiger charge is -2.09. The Morgan fingerprint density at radius 1 is 0.950 bits per heavy atom. The fraction of sp³-hybridized carbons (Fsp3) is 0.125. The molecule has 0 aliphatic rings. The molecule has 2 aromatic rings. The lowest BCUT2D eigenvalue weighted by atomic mass is 10.1. The van der Waals surface area contributed by atoms with E-state index >= 15 is 0 Å². The van der Waals surface area contributed by atoms with Gasteiger partial charge in [-0.15, -0.1) is 0 Å². The van der Waals surface area contributed by atoms with E-state index in [4.69, 9.17) is 4.74 Å². The second-order valence-corrected chi connectivity index (χ2v) is 4.29. The molecule has 0 atom stereocenters. The van der Waals surface area contributed by atoms with Crippen molar-refractivity contribution in [3.63, 3.8) is 0 Å². The van der Waals surface area contributed by atoms with E-state index < -0.39 is 0 Å². The fourth-order valence-corrected chi connectivity index (χ4v) is 1.80. The molecular formula is C16H15NO3. The number of nitrogens with one attached hydrogen (secondary N) is 1. The minimum absolute atomic E-state index is 0.0262. The number of Topliss-reactive ketones (excluding diaryl/α,β-unsaturated/α-hetero) is 1. The molecule has 2 aromatic carbocycles. The van der Waals surface area contributed by atoms with Gasteiger partial charge in [-0.05, 0) is 31.2 Å². The number of amides is 1. The second kappa shape index (κ2) is 6.02. The highest BCUT2D eigenvalue weighted by Crippen LogP contribution is 2.23. The van der Waals surface area contributed by atoms with E-state index in [2.05, 4.69) is 5.32 Å². The summed E-state index contributed by atoms with van der Waals surface area (Å²) in [6.07, 6.45) is 0. The molecule has 0 saturated heterocycles. The molecule has 1 N–H and O–H groups in total. The molecular weight excluding hydrogens is 254 g/mol. The summed E-state index contributed by atoms with van der Waals surface area (Å²) in [5, 5.41) is 2.78. The highest BCUT2D eigenvalue weighted by molar-refractivity contribution is 6.05. The van der Waals surface area contributed by atoms with Crippen molar-refractivity contribution in [1.29, 1.82) is 0 Å². The molecule has 4 heteroatoms. The van der Waals surface area contributed by atoms with Crippen LogP contribution in [0.1, 0.15) is 27.6 Å². The summed E-state index contributed by atoms with van der Waals surface area (Å²) in [6, 6.07) is 13.7. The Hall–Kier alpha value is -2.62. The molecule has 0 spiro atoms. The molecule has 0 unspecified atom stereocenters. The summed E-state index contributed by atoms with van der Waals surface area (Å²) < 4.78 is 5.17. The van der Waals surface area contributed by atoms with E-state index in [1.807, 2.05) is 12.1 Å². The summed E-state index contributed by atoms with van der Waals surface area (Å²) >= 11 is 0. The number of rotatable bonds is 4. The van der Waals surface area contributed by atoms with Crippen LogP contribution in [0.4, 0.5) is 5.69 Å². The lowest BCUT2D eigenvalue weighted by Crippen LogP contribution is -2.12. The summed E-state index contributed by atoms with van der Waals surface area (Å²) in [7, 11) is 1.55. The highest BCUT2D eigenvalue weighted by atomic mass is 16.5. The Balaban J connectivity index is 2.17. The van der Waals surface area contributed by atoms with Gasteiger partial charge in [0.1, 0.15) is 5.75 Å². The first-order valence-corrected chi connectivity index (χ1v) is 6.17. The molecule has 20 heavy (non-hydrogen) atoms. The Morgan fingerprint density at radius 2 is 1.55 bits per heavy atom. The second-order valence-electron chi connectivity index (χ2n) is 4.29. The van der Waals surface area contributed by atoms with Gasteiger partial charge in [0.15, 0.2) is 5.78 Å². The van der Waals surface area contributed by atoms with E-state index in [1.54, 1.807) is 43.5 Å². The molecule has 0 saturated carbocycles. The first kappa shape index (κ1) is 13.8. The summed E-state index contributed by atoms with van der Waals surface area (Å²) in [5.74, 6) is 0.326. The molecule has 0 aliphatic carbocycles. The smallest absolute Gasteiger partial charge is 0.255 e. The lowest BCUT2D eigenvalue weighted by molar-refractivity contribution is 0.100. The highest BCUT2D eigenvalue weighted by Gasteiger charge is 2.09. The minimum Gasteiger partial charge on any atom is -0.495 e. The van der Waals surface area contributed by atoms with Gasteiger partial charge < -0.3 is 10.1 Å². The van der Waals surface area contributed by atoms with Gasteiger partial charge in [-0.1, -0.05) is 24.3 Å². The maximum atomic E-state index is 12.1. The van der Waals surface area contributed by atoms with Crippen molar-refractivity contribution in [1.82, 2.24) is 0 Å². The quantitative estimate of drug-likeness (QED) is 0.867. The van der Waals surface area contributed by atoms with E-state index in [0.717, 1.165) is 0 Å². The number of para-hydroxylation sites is 2. The standard InChI is InChI=1S/C16H15NO3/c1-11(18)12-7-9-13(10-8-12)16(19)17-14-5-3-4-6-15(14)20-2/h3-10H,1-2H3,(H,17,19). The van der Waals surface area contributed by atoms with Crippen LogP contribution in [-0.2, 0) is 0 Å². The van der Waals surface area contributed by atoms with Gasteiger partial charge in [0, 0.05) is 11.1 Å². The van der Waals surface area contributed by atoms with Crippen molar-refractivity contribution < 1.29 is 14.3 Å². The Labute approximate surface area is 117 Å². The monoisotopic (exact) mass is 269 g/mol. The number of ketones is 1. The Kier molecular flexibility index (Phi) is 4.15. The predicted molar refractivity (Wildman–Crippen MR) is 77.4 cm³/mol. The average Bonchev–Trinajstić information content (AvgIpc) is 2.48. The number of ether oxygens (including phenoxy) is 1. The summed E-state index contributed by atoms with van der Waals surface area (Å²) in [6.45, 7) is 1.49. The molecule has 0 aliphatic heterocycles. The molecule has 0 aromatic heterocycles. The SMILES string of the molecule is COc1ccccc1NC(=O)c1ccc(C(C)=O)cc1. The number of methoxy groups -OCH3 is 1. The summed E-state index contributed by atoms with van der Waals surface area (Å²) in [5.41, 5.74) is 1.68. The van der Waals surface area contributed by atoms with E-state index in [-0.39, 0.29) is 11.7 Å². The van der Waals surface area contributed by atoms with Crippen LogP contribution in [0.5, 0.6) is 5.75 Å². The largest absolute Gasteiger partial charge is 0.495 e. The van der Waals surface area contributed by atoms with E-state index in [9.17, 15) is 9.59 Å². The van der Waals surface area contributed by atoms with Crippen molar-refractivity contribution in [2.45, 2.75) is 6.92 Å². The Bertz CT molecular complexity index is 632. The zero-order valence-electron chi connectivity index (χ0n) is 11.3. The van der Waals surface area contributed by atoms with Crippen molar-refractivity contribution in [3.8, 4) is 5.75 Å². The fourth-order valence-electron chi connectivity index (χ4n) is 1.80. The van der Waals surface area contributed by atoms with Gasteiger partial charge in [0.25, 0.3) is 5.91 Å². The third-order valence-electron chi connectivity index (χ3n) is 2.91. The molecule has 4 nitrogen and oxygen atoms in total. The zero-order chi connectivity index (χ0) is 14.5. The molecule has 102 valence electrons. The molecule has 1 amide bonds. The van der Waals surface area contributed by atoms with Crippen LogP contribution in [-0.4, -0.2) is 18.8 Å². The van der Waals surface area contributed by atoms with Gasteiger partial charge in [0.2, 0.25) is 0 Å². The summed E-state index contributed by atoms with van der Waals surface area (Å²) in [4.78, 5) is 23.3. The van der Waals surface area contributed by atoms with Crippen LogP contribution in [0.15, 0.2) is 48.5 Å². The van der Waals surface area contributed by atoms with Crippen LogP contribution < -0.4 is 10.1 Å². The van der Waals surface area contributed by atoms with Crippen molar-refractivity contribution in [2.24, 2.45) is 0 Å². The first-order chi connectivity index (χ1) is 9.61. The molecule has 0 heterocycles. The van der Waals surface area contributed by atoms with Crippen molar-refractivity contribution in [2.75, 3.05) is 12.4 Å². The maximum absolute atomic E-state index is 12.1. The van der Waals surface area contributed by atoms with Gasteiger partial charge >= 0.3 is 0 Å². The van der Waals surface area contributed by atoms with Crippen molar-refractivity contribution in [3.05, 3.63) is 59.7 Å². The van der Waals surface area contributed by atoms with Gasteiger partial charge in [0.05, 0.1) is 12.8 Å². The number of carbonyl (C=O) groups excluding carboxylic acids is 2. The number of carbonyl (C=O) groups is 2. The first-order valence-electron chi connectivity index (χ1n) is 6.17. The Morgan fingerprint density at radius 3 is 2.15 bits per heavy atom. The topological polar surface area (TPSA) is 55.4 Å². The van der Waals surface area contributed by atoms with Gasteiger partial charge in [-0.25, -0.2) is 0 Å². The zero-order valence-corrected chi connectivity index (χ0v) is 11.3. The predicted octanol–water partition coefficient (Wildman–Crippen LogP) is 3.15. The minimum atomic E-state index is -0.246. The number of benzene rings is 2. The number of anilines is 1. The van der Waals surface area contributed by atoms with E-state index in [0.29, 0.717) is 22.6 Å². The van der Waals surface area contributed by atoms with Gasteiger partial charge in [-0.3, -0.25) is 9.59 Å². The molecule has 0 fully saturated rings. The molecule has 0 radical (unpaired) electrons. The average molecular weight is 269 g/mol. The third kappa shape index (κ3) is 3.03. The van der Waals surface area contributed by atoms with Crippen LogP contribution >= 0.6 is 0 Å². The number of hydrogen-bond donors (Lipinski definition) is 1.